The minimum Gasteiger partial charge on any atom is -0.459 e. The first-order chi connectivity index (χ1) is 15.6. The molecule has 1 unspecified atom stereocenters. The average molecular weight is 432 g/mol. The second kappa shape index (κ2) is 10.3. The van der Waals surface area contributed by atoms with E-state index in [-0.39, 0.29) is 23.6 Å². The zero-order chi connectivity index (χ0) is 22.3. The zero-order valence-electron chi connectivity index (χ0n) is 18.4. The molecular formula is C26H29N3O3. The number of nitrogens with one attached hydrogen (secondary N) is 1. The molecule has 1 atom stereocenters. The van der Waals surface area contributed by atoms with E-state index in [1.807, 2.05) is 31.2 Å². The summed E-state index contributed by atoms with van der Waals surface area (Å²) in [4.78, 5) is 32.8. The highest BCUT2D eigenvalue weighted by molar-refractivity contribution is 5.96. The number of benzene rings is 1. The zero-order valence-corrected chi connectivity index (χ0v) is 18.4. The Labute approximate surface area is 188 Å². The van der Waals surface area contributed by atoms with Gasteiger partial charge in [-0.15, -0.1) is 0 Å². The Bertz CT molecular complexity index is 1030. The van der Waals surface area contributed by atoms with Crippen LogP contribution in [0.5, 0.6) is 0 Å². The summed E-state index contributed by atoms with van der Waals surface area (Å²) in [7, 11) is 0. The number of pyridine rings is 1. The molecule has 6 heteroatoms. The van der Waals surface area contributed by atoms with Gasteiger partial charge in [0.05, 0.1) is 6.26 Å². The van der Waals surface area contributed by atoms with Crippen LogP contribution in [0.3, 0.4) is 0 Å². The Morgan fingerprint density at radius 2 is 2.00 bits per heavy atom. The van der Waals surface area contributed by atoms with Gasteiger partial charge in [0.25, 0.3) is 5.91 Å². The first-order valence-electron chi connectivity index (χ1n) is 11.2. The number of carbonyl (C=O) groups is 2. The van der Waals surface area contributed by atoms with Crippen LogP contribution in [-0.2, 0) is 11.2 Å². The molecule has 0 bridgehead atoms. The number of amides is 2. The number of furan rings is 1. The molecule has 1 aliphatic carbocycles. The largest absolute Gasteiger partial charge is 0.459 e. The monoisotopic (exact) mass is 431 g/mol. The predicted octanol–water partition coefficient (Wildman–Crippen LogP) is 4.47. The highest BCUT2D eigenvalue weighted by Crippen LogP contribution is 2.26. The van der Waals surface area contributed by atoms with Gasteiger partial charge < -0.3 is 14.6 Å². The van der Waals surface area contributed by atoms with E-state index < -0.39 is 6.04 Å². The van der Waals surface area contributed by atoms with Crippen LogP contribution < -0.4 is 5.32 Å². The van der Waals surface area contributed by atoms with Gasteiger partial charge in [-0.05, 0) is 49.9 Å². The van der Waals surface area contributed by atoms with Gasteiger partial charge in [-0.3, -0.25) is 14.6 Å². The lowest BCUT2D eigenvalue weighted by atomic mass is 10.0. The van der Waals surface area contributed by atoms with Crippen molar-refractivity contribution in [3.8, 4) is 0 Å². The summed E-state index contributed by atoms with van der Waals surface area (Å²) in [5, 5.41) is 3.17. The van der Waals surface area contributed by atoms with E-state index in [0.29, 0.717) is 18.5 Å². The highest BCUT2D eigenvalue weighted by atomic mass is 16.3. The molecule has 2 heterocycles. The number of nitrogens with zero attached hydrogens (tertiary/aromatic N) is 2. The van der Waals surface area contributed by atoms with Crippen LogP contribution in [0.4, 0.5) is 0 Å². The quantitative estimate of drug-likeness (QED) is 0.571. The van der Waals surface area contributed by atoms with E-state index in [9.17, 15) is 9.59 Å². The Balaban J connectivity index is 1.66. The molecule has 0 aliphatic heterocycles. The molecular weight excluding hydrogens is 402 g/mol. The van der Waals surface area contributed by atoms with Gasteiger partial charge in [-0.2, -0.15) is 0 Å². The number of hydrogen-bond donors (Lipinski definition) is 1. The van der Waals surface area contributed by atoms with Crippen LogP contribution in [0.15, 0.2) is 71.6 Å². The maximum atomic E-state index is 13.5. The molecule has 0 spiro atoms. The molecule has 1 aromatic carbocycles. The van der Waals surface area contributed by atoms with E-state index in [1.54, 1.807) is 35.5 Å². The second-order valence-corrected chi connectivity index (χ2v) is 8.39. The van der Waals surface area contributed by atoms with Crippen LogP contribution in [0.1, 0.15) is 59.0 Å². The Hall–Kier alpha value is -3.41. The van der Waals surface area contributed by atoms with Crippen molar-refractivity contribution >= 4 is 11.8 Å². The topological polar surface area (TPSA) is 75.4 Å². The van der Waals surface area contributed by atoms with Crippen molar-refractivity contribution in [3.63, 3.8) is 0 Å². The van der Waals surface area contributed by atoms with Crippen LogP contribution in [0.2, 0.25) is 0 Å². The lowest BCUT2D eigenvalue weighted by molar-refractivity contribution is -0.126. The second-order valence-electron chi connectivity index (χ2n) is 8.39. The van der Waals surface area contributed by atoms with Crippen LogP contribution in [0, 0.1) is 6.92 Å². The van der Waals surface area contributed by atoms with Crippen molar-refractivity contribution in [2.24, 2.45) is 0 Å². The number of carbonyl (C=O) groups excluding carboxylic acids is 2. The first kappa shape index (κ1) is 21.8. The summed E-state index contributed by atoms with van der Waals surface area (Å²) in [6.45, 7) is 2.42. The van der Waals surface area contributed by atoms with Crippen molar-refractivity contribution in [1.82, 2.24) is 15.2 Å². The van der Waals surface area contributed by atoms with E-state index in [1.165, 1.54) is 6.26 Å². The van der Waals surface area contributed by atoms with E-state index in [4.69, 9.17) is 4.42 Å². The third-order valence-electron chi connectivity index (χ3n) is 5.98. The van der Waals surface area contributed by atoms with Gasteiger partial charge in [0.15, 0.2) is 5.76 Å². The molecule has 4 rings (SSSR count). The molecule has 1 fully saturated rings. The van der Waals surface area contributed by atoms with Crippen LogP contribution >= 0.6 is 0 Å². The standard InChI is InChI=1S/C26H29N3O3/c1-19-7-4-8-20(17-19)13-15-29(26(31)23-12-6-16-32-23)24(21-9-5-14-27-18-21)25(30)28-22-10-2-3-11-22/h4-9,12,14,16-18,22,24H,2-3,10-11,13,15H2,1H3,(H,28,30). The fourth-order valence-corrected chi connectivity index (χ4v) is 4.37. The van der Waals surface area contributed by atoms with Gasteiger partial charge in [-0.25, -0.2) is 0 Å². The average Bonchev–Trinajstić information content (AvgIpc) is 3.51. The number of hydrogen-bond acceptors (Lipinski definition) is 4. The van der Waals surface area contributed by atoms with Crippen molar-refractivity contribution in [2.75, 3.05) is 6.54 Å². The van der Waals surface area contributed by atoms with E-state index in [0.717, 1.165) is 36.8 Å². The van der Waals surface area contributed by atoms with Gasteiger partial charge in [0.2, 0.25) is 5.91 Å². The summed E-state index contributed by atoms with van der Waals surface area (Å²) in [5.41, 5.74) is 2.96. The Morgan fingerprint density at radius 3 is 2.69 bits per heavy atom. The van der Waals surface area contributed by atoms with Crippen molar-refractivity contribution in [2.45, 2.75) is 51.1 Å². The fraction of sp³-hybridized carbons (Fsp3) is 0.346. The summed E-state index contributed by atoms with van der Waals surface area (Å²) >= 11 is 0. The molecule has 0 saturated heterocycles. The molecule has 32 heavy (non-hydrogen) atoms. The smallest absolute Gasteiger partial charge is 0.290 e. The maximum absolute atomic E-state index is 13.5. The molecule has 166 valence electrons. The Kier molecular flexibility index (Phi) is 7.00. The van der Waals surface area contributed by atoms with Gasteiger partial charge in [0, 0.05) is 30.5 Å². The number of rotatable bonds is 8. The van der Waals surface area contributed by atoms with Crippen molar-refractivity contribution in [3.05, 3.63) is 89.6 Å². The summed E-state index contributed by atoms with van der Waals surface area (Å²) in [6, 6.07) is 14.5. The Morgan fingerprint density at radius 1 is 1.16 bits per heavy atom. The predicted molar refractivity (Wildman–Crippen MR) is 122 cm³/mol. The number of aromatic nitrogens is 1. The lowest BCUT2D eigenvalue weighted by Gasteiger charge is -2.31. The van der Waals surface area contributed by atoms with Crippen molar-refractivity contribution in [1.29, 1.82) is 0 Å². The molecule has 2 aromatic heterocycles. The highest BCUT2D eigenvalue weighted by Gasteiger charge is 2.34. The molecule has 0 radical (unpaired) electrons. The fourth-order valence-electron chi connectivity index (χ4n) is 4.37. The SMILES string of the molecule is Cc1cccc(CCN(C(=O)c2ccco2)C(C(=O)NC2CCCC2)c2cccnc2)c1. The lowest BCUT2D eigenvalue weighted by Crippen LogP contribution is -2.46. The van der Waals surface area contributed by atoms with Gasteiger partial charge in [-0.1, -0.05) is 48.7 Å². The maximum Gasteiger partial charge on any atom is 0.290 e. The molecule has 1 N–H and O–H groups in total. The normalized spacial score (nSPS) is 14.8. The van der Waals surface area contributed by atoms with Gasteiger partial charge in [0.1, 0.15) is 6.04 Å². The molecule has 1 aliphatic rings. The van der Waals surface area contributed by atoms with Crippen LogP contribution in [0.25, 0.3) is 0 Å². The summed E-state index contributed by atoms with van der Waals surface area (Å²) < 4.78 is 5.41. The summed E-state index contributed by atoms with van der Waals surface area (Å²) in [6.07, 6.45) is 9.61. The minimum absolute atomic E-state index is 0.152. The molecule has 1 saturated carbocycles. The first-order valence-corrected chi connectivity index (χ1v) is 11.2. The van der Waals surface area contributed by atoms with E-state index >= 15 is 0 Å². The minimum atomic E-state index is -0.785. The van der Waals surface area contributed by atoms with E-state index in [2.05, 4.69) is 16.4 Å². The van der Waals surface area contributed by atoms with Crippen LogP contribution in [-0.4, -0.2) is 34.3 Å². The summed E-state index contributed by atoms with van der Waals surface area (Å²) in [5.74, 6) is -0.260. The van der Waals surface area contributed by atoms with Crippen molar-refractivity contribution < 1.29 is 14.0 Å². The van der Waals surface area contributed by atoms with Gasteiger partial charge >= 0.3 is 0 Å². The molecule has 6 nitrogen and oxygen atoms in total. The number of aryl methyl sites for hydroxylation is 1. The molecule has 3 aromatic rings. The molecule has 2 amide bonds. The third-order valence-corrected chi connectivity index (χ3v) is 5.98. The third kappa shape index (κ3) is 5.25.